The normalized spacial score (nSPS) is 25.1. The molecule has 1 aromatic heterocycles. The number of H-pyrrole nitrogens is 1. The first kappa shape index (κ1) is 22.1. The number of aryl methyl sites for hydroxylation is 1. The van der Waals surface area contributed by atoms with E-state index in [1.165, 1.54) is 18.2 Å². The number of azo groups is 1. The number of phenols is 1. The fourth-order valence-electron chi connectivity index (χ4n) is 4.08. The summed E-state index contributed by atoms with van der Waals surface area (Å²) < 4.78 is 1.66. The Kier molecular flexibility index (Phi) is 6.05. The third-order valence-corrected chi connectivity index (χ3v) is 7.01. The second-order valence-corrected chi connectivity index (χ2v) is 9.50. The van der Waals surface area contributed by atoms with Gasteiger partial charge in [-0.3, -0.25) is 24.8 Å². The Labute approximate surface area is 189 Å². The molecule has 4 rings (SSSR count). The summed E-state index contributed by atoms with van der Waals surface area (Å²) in [4.78, 5) is 36.1. The van der Waals surface area contributed by atoms with Crippen LogP contribution in [0.5, 0.6) is 5.75 Å². The van der Waals surface area contributed by atoms with Crippen molar-refractivity contribution in [3.63, 3.8) is 0 Å². The SMILES string of the molecule is Cc1[nH]n(C2CCC(C)C(C)C2)c(=O)c1N=Nc1ccc(/C=C2\SC(=O)NC2=O)cc1O. The zero-order valence-corrected chi connectivity index (χ0v) is 18.9. The van der Waals surface area contributed by atoms with E-state index in [4.69, 9.17) is 0 Å². The van der Waals surface area contributed by atoms with Crippen molar-refractivity contribution in [3.8, 4) is 5.75 Å². The Balaban J connectivity index is 1.54. The van der Waals surface area contributed by atoms with Gasteiger partial charge in [0.15, 0.2) is 5.69 Å². The van der Waals surface area contributed by atoms with Gasteiger partial charge in [0.1, 0.15) is 11.4 Å². The fourth-order valence-corrected chi connectivity index (χ4v) is 4.76. The molecule has 1 saturated carbocycles. The Morgan fingerprint density at radius 2 is 1.94 bits per heavy atom. The topological polar surface area (TPSA) is 129 Å². The van der Waals surface area contributed by atoms with E-state index >= 15 is 0 Å². The summed E-state index contributed by atoms with van der Waals surface area (Å²) in [7, 11) is 0. The lowest BCUT2D eigenvalue weighted by Crippen LogP contribution is -2.29. The molecule has 1 aliphatic heterocycles. The number of thioether (sulfide) groups is 1. The number of imide groups is 1. The number of carbonyl (C=O) groups excluding carboxylic acids is 2. The van der Waals surface area contributed by atoms with Crippen LogP contribution >= 0.6 is 11.8 Å². The highest BCUT2D eigenvalue weighted by Gasteiger charge is 2.28. The van der Waals surface area contributed by atoms with Gasteiger partial charge in [-0.05, 0) is 73.6 Å². The summed E-state index contributed by atoms with van der Waals surface area (Å²) in [6.07, 6.45) is 4.48. The maximum absolute atomic E-state index is 12.9. The van der Waals surface area contributed by atoms with Gasteiger partial charge in [-0.1, -0.05) is 19.9 Å². The van der Waals surface area contributed by atoms with Crippen molar-refractivity contribution in [3.05, 3.63) is 44.7 Å². The van der Waals surface area contributed by atoms with Crippen LogP contribution in [0.25, 0.3) is 6.08 Å². The van der Waals surface area contributed by atoms with Crippen LogP contribution in [0.3, 0.4) is 0 Å². The molecule has 3 N–H and O–H groups in total. The van der Waals surface area contributed by atoms with Gasteiger partial charge >= 0.3 is 0 Å². The second kappa shape index (κ2) is 8.78. The highest BCUT2D eigenvalue weighted by atomic mass is 32.2. The Morgan fingerprint density at radius 1 is 1.16 bits per heavy atom. The van der Waals surface area contributed by atoms with Crippen LogP contribution in [-0.2, 0) is 4.79 Å². The lowest BCUT2D eigenvalue weighted by Gasteiger charge is -2.32. The minimum Gasteiger partial charge on any atom is -0.506 e. The second-order valence-electron chi connectivity index (χ2n) is 8.48. The average molecular weight is 456 g/mol. The Hall–Kier alpha value is -3.14. The van der Waals surface area contributed by atoms with Gasteiger partial charge in [0.2, 0.25) is 0 Å². The number of hydrogen-bond acceptors (Lipinski definition) is 7. The minimum absolute atomic E-state index is 0.120. The van der Waals surface area contributed by atoms with Crippen molar-refractivity contribution < 1.29 is 14.7 Å². The van der Waals surface area contributed by atoms with Crippen LogP contribution < -0.4 is 10.9 Å². The van der Waals surface area contributed by atoms with E-state index in [1.54, 1.807) is 17.7 Å². The molecule has 2 amide bonds. The molecule has 32 heavy (non-hydrogen) atoms. The smallest absolute Gasteiger partial charge is 0.294 e. The van der Waals surface area contributed by atoms with E-state index in [-0.39, 0.29) is 33.6 Å². The van der Waals surface area contributed by atoms with Crippen molar-refractivity contribution in [1.29, 1.82) is 0 Å². The number of nitrogens with zero attached hydrogens (tertiary/aromatic N) is 3. The van der Waals surface area contributed by atoms with E-state index in [1.807, 2.05) is 0 Å². The van der Waals surface area contributed by atoms with Crippen molar-refractivity contribution in [2.24, 2.45) is 22.1 Å². The number of nitrogens with one attached hydrogen (secondary N) is 2. The lowest BCUT2D eigenvalue weighted by molar-refractivity contribution is -0.115. The first-order valence-electron chi connectivity index (χ1n) is 10.5. The van der Waals surface area contributed by atoms with E-state index in [9.17, 15) is 19.5 Å². The molecule has 10 heteroatoms. The molecule has 1 aliphatic carbocycles. The standard InChI is InChI=1S/C22H25N5O4S/c1-11-4-6-15(8-12(11)2)27-21(30)19(13(3)26-27)25-24-16-7-5-14(9-17(16)28)10-18-20(29)23-22(31)32-18/h5,7,9-12,15,26,28H,4,6,8H2,1-3H3,(H,23,29,31)/b18-10-,25-24?. The number of hydrogen-bond donors (Lipinski definition) is 3. The molecule has 3 unspecified atom stereocenters. The summed E-state index contributed by atoms with van der Waals surface area (Å²) >= 11 is 0.801. The van der Waals surface area contributed by atoms with Crippen LogP contribution in [0.2, 0.25) is 0 Å². The largest absolute Gasteiger partial charge is 0.506 e. The number of amides is 2. The molecule has 2 heterocycles. The third kappa shape index (κ3) is 4.40. The monoisotopic (exact) mass is 455 g/mol. The highest BCUT2D eigenvalue weighted by molar-refractivity contribution is 8.18. The molecule has 0 bridgehead atoms. The van der Waals surface area contributed by atoms with Gasteiger partial charge in [-0.2, -0.15) is 0 Å². The average Bonchev–Trinajstić information content (AvgIpc) is 3.20. The highest BCUT2D eigenvalue weighted by Crippen LogP contribution is 2.36. The van der Waals surface area contributed by atoms with Crippen molar-refractivity contribution in [2.75, 3.05) is 0 Å². The summed E-state index contributed by atoms with van der Waals surface area (Å²) in [5.41, 5.74) is 1.36. The van der Waals surface area contributed by atoms with Gasteiger partial charge < -0.3 is 5.11 Å². The molecule has 2 aliphatic rings. The Morgan fingerprint density at radius 3 is 2.59 bits per heavy atom. The number of benzene rings is 1. The molecular formula is C22H25N5O4S. The molecule has 1 saturated heterocycles. The summed E-state index contributed by atoms with van der Waals surface area (Å²) in [6.45, 7) is 6.25. The van der Waals surface area contributed by atoms with E-state index in [0.29, 0.717) is 23.1 Å². The predicted molar refractivity (Wildman–Crippen MR) is 122 cm³/mol. The zero-order chi connectivity index (χ0) is 23.0. The minimum atomic E-state index is -0.468. The first-order valence-corrected chi connectivity index (χ1v) is 11.3. The van der Waals surface area contributed by atoms with Crippen LogP contribution in [-0.4, -0.2) is 26.0 Å². The molecule has 3 atom stereocenters. The van der Waals surface area contributed by atoms with Crippen LogP contribution in [0, 0.1) is 18.8 Å². The van der Waals surface area contributed by atoms with E-state index < -0.39 is 11.1 Å². The van der Waals surface area contributed by atoms with Gasteiger partial charge in [-0.15, -0.1) is 10.2 Å². The predicted octanol–water partition coefficient (Wildman–Crippen LogP) is 4.93. The molecule has 2 aromatic rings. The quantitative estimate of drug-likeness (QED) is 0.445. The van der Waals surface area contributed by atoms with E-state index in [2.05, 4.69) is 34.5 Å². The number of rotatable bonds is 4. The molecule has 0 spiro atoms. The summed E-state index contributed by atoms with van der Waals surface area (Å²) in [5.74, 6) is 0.582. The van der Waals surface area contributed by atoms with Gasteiger partial charge in [0.25, 0.3) is 16.7 Å². The van der Waals surface area contributed by atoms with Crippen LogP contribution in [0.15, 0.2) is 38.1 Å². The molecule has 0 radical (unpaired) electrons. The third-order valence-electron chi connectivity index (χ3n) is 6.20. The maximum Gasteiger partial charge on any atom is 0.294 e. The van der Waals surface area contributed by atoms with Crippen LogP contribution in [0.4, 0.5) is 16.2 Å². The maximum atomic E-state index is 12.9. The summed E-state index contributed by atoms with van der Waals surface area (Å²) in [5, 5.41) is 23.4. The molecule has 168 valence electrons. The molecule has 9 nitrogen and oxygen atoms in total. The summed E-state index contributed by atoms with van der Waals surface area (Å²) in [6, 6.07) is 4.72. The molecule has 1 aromatic carbocycles. The van der Waals surface area contributed by atoms with Gasteiger partial charge in [0.05, 0.1) is 16.6 Å². The van der Waals surface area contributed by atoms with Gasteiger partial charge in [0, 0.05) is 0 Å². The van der Waals surface area contributed by atoms with Crippen LogP contribution in [0.1, 0.15) is 50.4 Å². The zero-order valence-electron chi connectivity index (χ0n) is 18.1. The Bertz CT molecular complexity index is 1200. The van der Waals surface area contributed by atoms with E-state index in [0.717, 1.165) is 31.0 Å². The van der Waals surface area contributed by atoms with Gasteiger partial charge in [-0.25, -0.2) is 4.68 Å². The number of carbonyl (C=O) groups is 2. The first-order chi connectivity index (χ1) is 15.2. The fraction of sp³-hybridized carbons (Fsp3) is 0.409. The van der Waals surface area contributed by atoms with Crippen molar-refractivity contribution >= 4 is 40.4 Å². The van der Waals surface area contributed by atoms with Crippen molar-refractivity contribution in [2.45, 2.75) is 46.1 Å². The number of aromatic nitrogens is 2. The number of aromatic amines is 1. The lowest BCUT2D eigenvalue weighted by atomic mass is 9.79. The van der Waals surface area contributed by atoms with Crippen molar-refractivity contribution in [1.82, 2.24) is 15.1 Å². The molecular weight excluding hydrogens is 430 g/mol. The number of phenolic OH excluding ortho intramolecular Hbond substituents is 1. The molecule has 2 fully saturated rings. The number of aromatic hydroxyl groups is 1.